The summed E-state index contributed by atoms with van der Waals surface area (Å²) in [5, 5.41) is 14.1. The van der Waals surface area contributed by atoms with Crippen molar-refractivity contribution in [1.29, 1.82) is 0 Å². The lowest BCUT2D eigenvalue weighted by Crippen LogP contribution is -2.55. The summed E-state index contributed by atoms with van der Waals surface area (Å²) in [5.74, 6) is 0.172. The van der Waals surface area contributed by atoms with Gasteiger partial charge in [-0.3, -0.25) is 14.5 Å². The van der Waals surface area contributed by atoms with E-state index in [1.54, 1.807) is 41.3 Å². The molecule has 3 aromatic rings. The Morgan fingerprint density at radius 2 is 1.32 bits per heavy atom. The molecular weight excluding hydrogens is 681 g/mol. The lowest BCUT2D eigenvalue weighted by molar-refractivity contribution is -0.139. The molecule has 1 saturated carbocycles. The van der Waals surface area contributed by atoms with Crippen LogP contribution in [-0.2, 0) is 19.8 Å². The maximum absolute atomic E-state index is 14.8. The molecule has 11 heteroatoms. The molecule has 3 aromatic carbocycles. The van der Waals surface area contributed by atoms with Crippen molar-refractivity contribution >= 4 is 17.8 Å². The number of aliphatic hydroxyl groups is 1. The van der Waals surface area contributed by atoms with Crippen LogP contribution in [0.5, 0.6) is 0 Å². The summed E-state index contributed by atoms with van der Waals surface area (Å²) in [4.78, 5) is 46.8. The molecular formula is C42H47F3N4O4. The van der Waals surface area contributed by atoms with E-state index in [0.717, 1.165) is 25.9 Å². The molecule has 8 nitrogen and oxygen atoms in total. The number of amides is 2. The number of piperidine rings is 1. The quantitative estimate of drug-likeness (QED) is 0.216. The molecule has 7 rings (SSSR count). The van der Waals surface area contributed by atoms with Gasteiger partial charge in [-0.05, 0) is 104 Å². The average Bonchev–Trinajstić information content (AvgIpc) is 3.95. The number of hydrogen-bond donors (Lipinski definition) is 2. The van der Waals surface area contributed by atoms with Crippen LogP contribution in [0.2, 0.25) is 0 Å². The third-order valence-corrected chi connectivity index (χ3v) is 12.1. The third-order valence-electron chi connectivity index (χ3n) is 12.1. The molecule has 0 spiro atoms. The van der Waals surface area contributed by atoms with Gasteiger partial charge in [0.2, 0.25) is 11.8 Å². The van der Waals surface area contributed by atoms with E-state index in [4.69, 9.17) is 0 Å². The largest absolute Gasteiger partial charge is 0.391 e. The Balaban J connectivity index is 1.14. The fourth-order valence-corrected chi connectivity index (χ4v) is 9.30. The van der Waals surface area contributed by atoms with E-state index in [2.05, 4.69) is 10.2 Å². The third kappa shape index (κ3) is 7.71. The minimum Gasteiger partial charge on any atom is -0.391 e. The highest BCUT2D eigenvalue weighted by Gasteiger charge is 2.48. The molecule has 0 aromatic heterocycles. The van der Waals surface area contributed by atoms with E-state index in [1.165, 1.54) is 62.1 Å². The maximum Gasteiger partial charge on any atom is 0.242 e. The minimum absolute atomic E-state index is 0.0135. The number of nitrogens with one attached hydrogen (secondary N) is 1. The zero-order valence-corrected chi connectivity index (χ0v) is 29.9. The smallest absolute Gasteiger partial charge is 0.242 e. The van der Waals surface area contributed by atoms with Crippen LogP contribution < -0.4 is 5.32 Å². The molecule has 280 valence electrons. The molecule has 53 heavy (non-hydrogen) atoms. The van der Waals surface area contributed by atoms with Crippen molar-refractivity contribution in [3.05, 3.63) is 113 Å². The first kappa shape index (κ1) is 37.1. The first-order valence-electron chi connectivity index (χ1n) is 18.9. The second-order valence-electron chi connectivity index (χ2n) is 15.2. The first-order chi connectivity index (χ1) is 25.7. The van der Waals surface area contributed by atoms with Crippen LogP contribution in [0, 0.1) is 23.4 Å². The van der Waals surface area contributed by atoms with Crippen LogP contribution in [0.1, 0.15) is 74.5 Å². The van der Waals surface area contributed by atoms with Crippen LogP contribution in [0.15, 0.2) is 78.4 Å². The normalized spacial score (nSPS) is 23.4. The maximum atomic E-state index is 14.8. The number of halogens is 3. The van der Waals surface area contributed by atoms with Crippen LogP contribution in [0.25, 0.3) is 0 Å². The summed E-state index contributed by atoms with van der Waals surface area (Å²) in [5.41, 5.74) is 0.583. The monoisotopic (exact) mass is 728 g/mol. The van der Waals surface area contributed by atoms with Crippen molar-refractivity contribution in [2.75, 3.05) is 32.7 Å². The Kier molecular flexibility index (Phi) is 11.2. The number of β-amino-alcohol motifs (C(OH)–C–C–N with tert-alkyl or cyclic N) is 1. The average molecular weight is 729 g/mol. The molecule has 4 fully saturated rings. The fourth-order valence-electron chi connectivity index (χ4n) is 9.30. The van der Waals surface area contributed by atoms with Crippen molar-refractivity contribution in [2.45, 2.75) is 87.6 Å². The number of rotatable bonds is 10. The van der Waals surface area contributed by atoms with Crippen molar-refractivity contribution in [2.24, 2.45) is 5.92 Å². The van der Waals surface area contributed by atoms with Gasteiger partial charge in [0.25, 0.3) is 0 Å². The van der Waals surface area contributed by atoms with Gasteiger partial charge >= 0.3 is 0 Å². The van der Waals surface area contributed by atoms with Gasteiger partial charge in [0.1, 0.15) is 29.4 Å². The summed E-state index contributed by atoms with van der Waals surface area (Å²) >= 11 is 0. The van der Waals surface area contributed by atoms with Crippen LogP contribution in [0.3, 0.4) is 0 Å². The Bertz CT molecular complexity index is 1690. The molecule has 3 saturated heterocycles. The Hall–Kier alpha value is -4.28. The molecule has 3 aliphatic heterocycles. The number of nitrogens with zero attached hydrogens (tertiary/aromatic N) is 3. The lowest BCUT2D eigenvalue weighted by atomic mass is 9.67. The number of benzene rings is 3. The fraction of sp³-hybridized carbons (Fsp3) is 0.476. The molecule has 0 bridgehead atoms. The van der Waals surface area contributed by atoms with E-state index in [9.17, 15) is 32.7 Å². The van der Waals surface area contributed by atoms with Crippen LogP contribution >= 0.6 is 0 Å². The van der Waals surface area contributed by atoms with Gasteiger partial charge in [0, 0.05) is 44.1 Å². The summed E-state index contributed by atoms with van der Waals surface area (Å²) in [6.45, 7) is 2.85. The van der Waals surface area contributed by atoms with Crippen molar-refractivity contribution < 1.29 is 32.7 Å². The highest BCUT2D eigenvalue weighted by molar-refractivity contribution is 5.88. The first-order valence-corrected chi connectivity index (χ1v) is 18.9. The van der Waals surface area contributed by atoms with E-state index >= 15 is 0 Å². The van der Waals surface area contributed by atoms with Crippen molar-refractivity contribution in [3.63, 3.8) is 0 Å². The van der Waals surface area contributed by atoms with Gasteiger partial charge in [0.15, 0.2) is 0 Å². The standard InChI is InChI=1S/C42H47F3N4O4/c43-33-11-5-30(6-12-33)42(31-7-13-34(44)14-8-31,32-9-15-35(45)16-10-32)24-39(52)49-26-37(51)23-38(49)48-22-19-29(27-50)40(48)41(53)46-25-28-17-20-47(21-18-28)36-3-1-2-4-36/h5-16,28,36-38,40,51H,1-4,17-26H2,(H,46,53)/t37-,38+,40?/m1/s1. The number of aliphatic hydroxyl groups excluding tert-OH is 1. The Morgan fingerprint density at radius 3 is 1.83 bits per heavy atom. The van der Waals surface area contributed by atoms with E-state index < -0.39 is 41.2 Å². The molecule has 4 aliphatic rings. The van der Waals surface area contributed by atoms with Gasteiger partial charge in [-0.2, -0.15) is 0 Å². The van der Waals surface area contributed by atoms with Gasteiger partial charge in [-0.25, -0.2) is 18.0 Å². The van der Waals surface area contributed by atoms with Gasteiger partial charge < -0.3 is 20.2 Å². The molecule has 1 unspecified atom stereocenters. The van der Waals surface area contributed by atoms with Gasteiger partial charge in [-0.1, -0.05) is 49.2 Å². The summed E-state index contributed by atoms with van der Waals surface area (Å²) in [6, 6.07) is 16.8. The molecule has 3 heterocycles. The van der Waals surface area contributed by atoms with Crippen LogP contribution in [0.4, 0.5) is 13.2 Å². The van der Waals surface area contributed by atoms with E-state index in [-0.39, 0.29) is 31.2 Å². The van der Waals surface area contributed by atoms with Gasteiger partial charge in [0.05, 0.1) is 17.7 Å². The number of carbonyl (C=O) groups excluding carboxylic acids is 3. The second kappa shape index (κ2) is 16.0. The topological polar surface area (TPSA) is 93.2 Å². The molecule has 3 atom stereocenters. The molecule has 0 radical (unpaired) electrons. The predicted octanol–water partition coefficient (Wildman–Crippen LogP) is 5.35. The van der Waals surface area contributed by atoms with Crippen molar-refractivity contribution in [3.8, 4) is 0 Å². The van der Waals surface area contributed by atoms with E-state index in [1.807, 2.05) is 10.8 Å². The van der Waals surface area contributed by atoms with Crippen LogP contribution in [-0.4, -0.2) is 94.6 Å². The zero-order valence-electron chi connectivity index (χ0n) is 29.9. The summed E-state index contributed by atoms with van der Waals surface area (Å²) in [6.07, 6.45) is 5.75. The lowest BCUT2D eigenvalue weighted by Gasteiger charge is -2.40. The number of hydrogen-bond acceptors (Lipinski definition) is 6. The van der Waals surface area contributed by atoms with Gasteiger partial charge in [-0.15, -0.1) is 0 Å². The predicted molar refractivity (Wildman–Crippen MR) is 194 cm³/mol. The highest BCUT2D eigenvalue weighted by atomic mass is 19.1. The number of likely N-dealkylation sites (tertiary alicyclic amines) is 3. The molecule has 2 N–H and O–H groups in total. The Labute approximate surface area is 308 Å². The SMILES string of the molecule is O=C=C1CCN([C@@H]2C[C@@H](O)CN2C(=O)CC(c2ccc(F)cc2)(c2ccc(F)cc2)c2ccc(F)cc2)C1C(=O)NCC1CCN(C2CCCC2)CC1. The summed E-state index contributed by atoms with van der Waals surface area (Å²) in [7, 11) is 0. The summed E-state index contributed by atoms with van der Waals surface area (Å²) < 4.78 is 42.9. The molecule has 2 amide bonds. The zero-order chi connectivity index (χ0) is 37.1. The number of carbonyl (C=O) groups is 2. The second-order valence-corrected chi connectivity index (χ2v) is 15.2. The van der Waals surface area contributed by atoms with E-state index in [0.29, 0.717) is 53.7 Å². The van der Waals surface area contributed by atoms with Crippen molar-refractivity contribution in [1.82, 2.24) is 20.0 Å². The highest BCUT2D eigenvalue weighted by Crippen LogP contribution is 2.44. The molecule has 1 aliphatic carbocycles. The Morgan fingerprint density at radius 1 is 0.792 bits per heavy atom. The minimum atomic E-state index is -1.31.